The summed E-state index contributed by atoms with van der Waals surface area (Å²) in [4.78, 5) is 11.4. The van der Waals surface area contributed by atoms with Crippen molar-refractivity contribution in [2.45, 2.75) is 0 Å². The normalized spacial score (nSPS) is 10.9. The summed E-state index contributed by atoms with van der Waals surface area (Å²) in [5.74, 6) is -1.55. The summed E-state index contributed by atoms with van der Waals surface area (Å²) < 4.78 is 1.54. The van der Waals surface area contributed by atoms with Crippen LogP contribution in [0.4, 0.5) is 5.69 Å². The number of nitrogens with zero attached hydrogens (tertiary/aromatic N) is 4. The van der Waals surface area contributed by atoms with Crippen molar-refractivity contribution in [2.24, 2.45) is 10.8 Å². The highest BCUT2D eigenvalue weighted by Crippen LogP contribution is 2.24. The molecule has 0 fully saturated rings. The maximum absolute atomic E-state index is 11.4. The van der Waals surface area contributed by atoms with Crippen LogP contribution < -0.4 is 11.2 Å². The van der Waals surface area contributed by atoms with Crippen LogP contribution in [0, 0.1) is 16.7 Å². The Kier molecular flexibility index (Phi) is 5.14. The van der Waals surface area contributed by atoms with Crippen molar-refractivity contribution in [3.8, 4) is 23.0 Å². The van der Waals surface area contributed by atoms with E-state index in [1.165, 1.54) is 6.07 Å². The van der Waals surface area contributed by atoms with Crippen LogP contribution in [-0.4, -0.2) is 32.4 Å². The number of hydrazone groups is 1. The number of carbonyl (C=O) groups is 1. The van der Waals surface area contributed by atoms with E-state index < -0.39 is 11.8 Å². The Labute approximate surface area is 159 Å². The Balaban J connectivity index is 1.95. The van der Waals surface area contributed by atoms with Gasteiger partial charge < -0.3 is 10.8 Å². The largest absolute Gasteiger partial charge is 0.476 e. The number of benzene rings is 2. The quantitative estimate of drug-likeness (QED) is 0.296. The summed E-state index contributed by atoms with van der Waals surface area (Å²) in [5.41, 5.74) is 10.3. The van der Waals surface area contributed by atoms with Gasteiger partial charge in [0.15, 0.2) is 11.5 Å². The fraction of sp³-hybridized carbons (Fsp3) is 0. The van der Waals surface area contributed by atoms with Crippen molar-refractivity contribution >= 4 is 23.2 Å². The predicted octanol–water partition coefficient (Wildman–Crippen LogP) is 2.46. The van der Waals surface area contributed by atoms with Gasteiger partial charge in [0.25, 0.3) is 0 Å². The number of nitrogens with one attached hydrogen (secondary N) is 2. The van der Waals surface area contributed by atoms with E-state index in [0.29, 0.717) is 17.1 Å². The molecule has 0 spiro atoms. The van der Waals surface area contributed by atoms with Gasteiger partial charge in [0.1, 0.15) is 6.07 Å². The molecule has 0 saturated heterocycles. The van der Waals surface area contributed by atoms with Gasteiger partial charge in [0.05, 0.1) is 17.1 Å². The third-order valence-electron chi connectivity index (χ3n) is 3.77. The third kappa shape index (κ3) is 3.86. The molecule has 138 valence electrons. The van der Waals surface area contributed by atoms with Crippen molar-refractivity contribution in [3.05, 3.63) is 66.4 Å². The van der Waals surface area contributed by atoms with E-state index in [1.807, 2.05) is 30.3 Å². The van der Waals surface area contributed by atoms with Crippen LogP contribution in [0.3, 0.4) is 0 Å². The zero-order valence-corrected chi connectivity index (χ0v) is 14.5. The molecule has 0 aliphatic rings. The van der Waals surface area contributed by atoms with Crippen molar-refractivity contribution in [2.75, 3.05) is 5.43 Å². The molecule has 3 rings (SSSR count). The standard InChI is InChI=1S/C19H15N7O2/c20-11-16(18(21)22)24-23-13-6-8-14(9-7-13)26-17(10-15(25-26)19(27)28)12-4-2-1-3-5-12/h1-10,23H,(H3,21,22)(H,27,28)/b24-16+. The van der Waals surface area contributed by atoms with Gasteiger partial charge in [-0.1, -0.05) is 30.3 Å². The summed E-state index contributed by atoms with van der Waals surface area (Å²) in [6.07, 6.45) is 0. The van der Waals surface area contributed by atoms with Gasteiger partial charge >= 0.3 is 5.97 Å². The molecular weight excluding hydrogens is 358 g/mol. The molecule has 0 radical (unpaired) electrons. The number of aromatic carboxylic acids is 1. The summed E-state index contributed by atoms with van der Waals surface area (Å²) in [6, 6.07) is 19.4. The Morgan fingerprint density at radius 2 is 1.89 bits per heavy atom. The lowest BCUT2D eigenvalue weighted by molar-refractivity contribution is 0.0690. The molecule has 3 aromatic rings. The zero-order valence-electron chi connectivity index (χ0n) is 14.5. The van der Waals surface area contributed by atoms with Crippen LogP contribution in [0.1, 0.15) is 10.5 Å². The van der Waals surface area contributed by atoms with Crippen LogP contribution in [0.25, 0.3) is 16.9 Å². The Morgan fingerprint density at radius 3 is 2.46 bits per heavy atom. The van der Waals surface area contributed by atoms with Crippen LogP contribution in [0.15, 0.2) is 65.8 Å². The summed E-state index contributed by atoms with van der Waals surface area (Å²) >= 11 is 0. The maximum atomic E-state index is 11.4. The van der Waals surface area contributed by atoms with E-state index in [1.54, 1.807) is 35.0 Å². The molecule has 0 saturated carbocycles. The summed E-state index contributed by atoms with van der Waals surface area (Å²) in [5, 5.41) is 33.3. The number of nitriles is 1. The molecule has 0 aliphatic carbocycles. The molecule has 28 heavy (non-hydrogen) atoms. The predicted molar refractivity (Wildman–Crippen MR) is 105 cm³/mol. The van der Waals surface area contributed by atoms with Crippen LogP contribution in [0.2, 0.25) is 0 Å². The van der Waals surface area contributed by atoms with Gasteiger partial charge in [-0.2, -0.15) is 15.5 Å². The number of nitrogens with two attached hydrogens (primary N) is 1. The SMILES string of the molecule is N#C/C(=N\Nc1ccc(-n2nc(C(=O)O)cc2-c2ccccc2)cc1)C(=N)N. The van der Waals surface area contributed by atoms with Crippen molar-refractivity contribution in [3.63, 3.8) is 0 Å². The molecule has 0 atom stereocenters. The number of rotatable bonds is 6. The average molecular weight is 373 g/mol. The van der Waals surface area contributed by atoms with E-state index in [-0.39, 0.29) is 11.4 Å². The second-order valence-electron chi connectivity index (χ2n) is 5.64. The van der Waals surface area contributed by atoms with Crippen molar-refractivity contribution in [1.82, 2.24) is 9.78 Å². The minimum Gasteiger partial charge on any atom is -0.476 e. The fourth-order valence-electron chi connectivity index (χ4n) is 2.44. The first-order chi connectivity index (χ1) is 13.5. The molecule has 0 amide bonds. The first-order valence-electron chi connectivity index (χ1n) is 8.07. The van der Waals surface area contributed by atoms with E-state index in [0.717, 1.165) is 5.56 Å². The fourth-order valence-corrected chi connectivity index (χ4v) is 2.44. The highest BCUT2D eigenvalue weighted by Gasteiger charge is 2.15. The van der Waals surface area contributed by atoms with E-state index in [2.05, 4.69) is 15.6 Å². The van der Waals surface area contributed by atoms with E-state index >= 15 is 0 Å². The average Bonchev–Trinajstić information content (AvgIpc) is 3.15. The van der Waals surface area contributed by atoms with Gasteiger partial charge in [-0.05, 0) is 30.3 Å². The van der Waals surface area contributed by atoms with Crippen molar-refractivity contribution in [1.29, 1.82) is 10.7 Å². The Bertz CT molecular complexity index is 1090. The topological polar surface area (TPSA) is 153 Å². The lowest BCUT2D eigenvalue weighted by Gasteiger charge is -2.08. The highest BCUT2D eigenvalue weighted by molar-refractivity contribution is 6.45. The number of hydrogen-bond acceptors (Lipinski definition) is 6. The van der Waals surface area contributed by atoms with Crippen LogP contribution >= 0.6 is 0 Å². The lowest BCUT2D eigenvalue weighted by atomic mass is 10.1. The monoisotopic (exact) mass is 373 g/mol. The van der Waals surface area contributed by atoms with Crippen LogP contribution in [-0.2, 0) is 0 Å². The van der Waals surface area contributed by atoms with E-state index in [4.69, 9.17) is 16.4 Å². The van der Waals surface area contributed by atoms with Gasteiger partial charge in [-0.3, -0.25) is 10.8 Å². The van der Waals surface area contributed by atoms with Crippen LogP contribution in [0.5, 0.6) is 0 Å². The minimum absolute atomic E-state index is 0.0641. The van der Waals surface area contributed by atoms with Gasteiger partial charge in [0.2, 0.25) is 5.71 Å². The molecule has 1 heterocycles. The molecule has 0 bridgehead atoms. The molecule has 9 nitrogen and oxygen atoms in total. The molecular formula is C19H15N7O2. The molecule has 5 N–H and O–H groups in total. The second kappa shape index (κ2) is 7.84. The maximum Gasteiger partial charge on any atom is 0.356 e. The van der Waals surface area contributed by atoms with Gasteiger partial charge in [-0.25, -0.2) is 9.48 Å². The number of anilines is 1. The number of aromatic nitrogens is 2. The zero-order chi connectivity index (χ0) is 20.1. The first-order valence-corrected chi connectivity index (χ1v) is 8.07. The van der Waals surface area contributed by atoms with Crippen molar-refractivity contribution < 1.29 is 9.90 Å². The second-order valence-corrected chi connectivity index (χ2v) is 5.64. The summed E-state index contributed by atoms with van der Waals surface area (Å²) in [6.45, 7) is 0. The Hall–Kier alpha value is -4.45. The highest BCUT2D eigenvalue weighted by atomic mass is 16.4. The molecule has 1 aromatic heterocycles. The molecule has 2 aromatic carbocycles. The number of hydrogen-bond donors (Lipinski definition) is 4. The summed E-state index contributed by atoms with van der Waals surface area (Å²) in [7, 11) is 0. The Morgan fingerprint density at radius 1 is 1.21 bits per heavy atom. The molecule has 9 heteroatoms. The minimum atomic E-state index is -1.11. The number of carboxylic acid groups (broad SMARTS) is 1. The smallest absolute Gasteiger partial charge is 0.356 e. The third-order valence-corrected chi connectivity index (χ3v) is 3.77. The first kappa shape index (κ1) is 18.3. The number of amidine groups is 1. The molecule has 0 aliphatic heterocycles. The van der Waals surface area contributed by atoms with Gasteiger partial charge in [0, 0.05) is 5.56 Å². The van der Waals surface area contributed by atoms with E-state index in [9.17, 15) is 9.90 Å². The lowest BCUT2D eigenvalue weighted by Crippen LogP contribution is -2.21. The molecule has 0 unspecified atom stereocenters. The number of carboxylic acids is 1. The van der Waals surface area contributed by atoms with Gasteiger partial charge in [-0.15, -0.1) is 0 Å².